The Hall–Kier alpha value is 0.270. The van der Waals surface area contributed by atoms with Crippen LogP contribution >= 0.6 is 11.8 Å². The van der Waals surface area contributed by atoms with Crippen molar-refractivity contribution in [3.05, 3.63) is 0 Å². The van der Waals surface area contributed by atoms with E-state index in [2.05, 4.69) is 37.6 Å². The van der Waals surface area contributed by atoms with E-state index in [1.54, 1.807) is 0 Å². The highest BCUT2D eigenvalue weighted by atomic mass is 32.2. The highest BCUT2D eigenvalue weighted by Gasteiger charge is 2.48. The van der Waals surface area contributed by atoms with Gasteiger partial charge < -0.3 is 5.73 Å². The van der Waals surface area contributed by atoms with Crippen LogP contribution in [0, 0.1) is 11.8 Å². The van der Waals surface area contributed by atoms with Crippen LogP contribution in [0.1, 0.15) is 33.1 Å². The van der Waals surface area contributed by atoms with E-state index in [4.69, 9.17) is 5.73 Å². The topological polar surface area (TPSA) is 29.3 Å². The molecule has 0 aromatic rings. The Bertz CT molecular complexity index is 230. The zero-order valence-corrected chi connectivity index (χ0v) is 11.7. The van der Waals surface area contributed by atoms with Crippen LogP contribution in [0.4, 0.5) is 0 Å². The summed E-state index contributed by atoms with van der Waals surface area (Å²) >= 11 is 2.10. The monoisotopic (exact) mass is 242 g/mol. The molecule has 3 heteroatoms. The number of hydrogen-bond acceptors (Lipinski definition) is 3. The second kappa shape index (κ2) is 4.87. The van der Waals surface area contributed by atoms with Crippen molar-refractivity contribution in [2.75, 3.05) is 25.1 Å². The van der Waals surface area contributed by atoms with Crippen LogP contribution in [0.15, 0.2) is 0 Å². The second-order valence-corrected chi connectivity index (χ2v) is 7.12. The quantitative estimate of drug-likeness (QED) is 0.819. The number of likely N-dealkylation sites (N-methyl/N-ethyl adjacent to an activating group) is 1. The van der Waals surface area contributed by atoms with E-state index < -0.39 is 0 Å². The molecule has 2 nitrogen and oxygen atoms in total. The van der Waals surface area contributed by atoms with E-state index in [0.29, 0.717) is 5.54 Å². The van der Waals surface area contributed by atoms with Gasteiger partial charge in [-0.1, -0.05) is 13.8 Å². The predicted octanol–water partition coefficient (Wildman–Crippen LogP) is 2.19. The molecule has 2 rings (SSSR count). The first-order valence-corrected chi connectivity index (χ1v) is 7.75. The highest BCUT2D eigenvalue weighted by molar-refractivity contribution is 7.99. The molecule has 0 aromatic carbocycles. The summed E-state index contributed by atoms with van der Waals surface area (Å²) in [5, 5.41) is 0. The molecule has 1 aliphatic heterocycles. The predicted molar refractivity (Wildman–Crippen MR) is 72.8 cm³/mol. The van der Waals surface area contributed by atoms with E-state index in [9.17, 15) is 0 Å². The molecule has 1 atom stereocenters. The summed E-state index contributed by atoms with van der Waals surface area (Å²) in [6.07, 6.45) is 3.99. The van der Waals surface area contributed by atoms with Gasteiger partial charge >= 0.3 is 0 Å². The summed E-state index contributed by atoms with van der Waals surface area (Å²) in [6.45, 7) is 5.53. The maximum absolute atomic E-state index is 6.05. The lowest BCUT2D eigenvalue weighted by Crippen LogP contribution is -2.63. The third-order valence-corrected chi connectivity index (χ3v) is 5.95. The van der Waals surface area contributed by atoms with Crippen LogP contribution in [0.5, 0.6) is 0 Å². The van der Waals surface area contributed by atoms with Crippen molar-refractivity contribution in [3.63, 3.8) is 0 Å². The molecule has 0 spiro atoms. The zero-order chi connectivity index (χ0) is 11.8. The highest BCUT2D eigenvalue weighted by Crippen LogP contribution is 2.46. The van der Waals surface area contributed by atoms with Gasteiger partial charge in [-0.2, -0.15) is 11.8 Å². The Kier molecular flexibility index (Phi) is 3.87. The number of nitrogens with zero attached hydrogens (tertiary/aromatic N) is 1. The summed E-state index contributed by atoms with van der Waals surface area (Å²) in [5.41, 5.74) is 6.39. The number of hydrogen-bond donors (Lipinski definition) is 1. The van der Waals surface area contributed by atoms with Gasteiger partial charge in [0.05, 0.1) is 0 Å². The second-order valence-electron chi connectivity index (χ2n) is 5.97. The molecule has 2 N–H and O–H groups in total. The van der Waals surface area contributed by atoms with Crippen molar-refractivity contribution in [2.24, 2.45) is 17.6 Å². The molecule has 0 bridgehead atoms. The van der Waals surface area contributed by atoms with Gasteiger partial charge in [0.2, 0.25) is 0 Å². The zero-order valence-electron chi connectivity index (χ0n) is 10.9. The standard InChI is InChI=1S/C13H26N2S/c1-10(2)11-6-13(7-11,9-14)15(3)12-4-5-16-8-12/h10-12H,4-9,14H2,1-3H3. The summed E-state index contributed by atoms with van der Waals surface area (Å²) < 4.78 is 0. The van der Waals surface area contributed by atoms with Crippen molar-refractivity contribution in [3.8, 4) is 0 Å². The fourth-order valence-electron chi connectivity index (χ4n) is 3.20. The van der Waals surface area contributed by atoms with Crippen molar-refractivity contribution in [1.29, 1.82) is 0 Å². The van der Waals surface area contributed by atoms with Crippen LogP contribution in [-0.2, 0) is 0 Å². The molecule has 1 unspecified atom stereocenters. The van der Waals surface area contributed by atoms with Gasteiger partial charge in [0, 0.05) is 23.9 Å². The summed E-state index contributed by atoms with van der Waals surface area (Å²) in [4.78, 5) is 2.62. The Morgan fingerprint density at radius 2 is 2.12 bits per heavy atom. The minimum atomic E-state index is 0.338. The Balaban J connectivity index is 1.95. The van der Waals surface area contributed by atoms with Crippen molar-refractivity contribution in [2.45, 2.75) is 44.7 Å². The molecule has 0 amide bonds. The molecular formula is C13H26N2S. The van der Waals surface area contributed by atoms with E-state index in [-0.39, 0.29) is 0 Å². The Morgan fingerprint density at radius 3 is 2.56 bits per heavy atom. The lowest BCUT2D eigenvalue weighted by atomic mass is 9.63. The maximum Gasteiger partial charge on any atom is 0.0337 e. The Labute approximate surface area is 104 Å². The minimum absolute atomic E-state index is 0.338. The lowest BCUT2D eigenvalue weighted by Gasteiger charge is -2.56. The normalized spacial score (nSPS) is 39.4. The van der Waals surface area contributed by atoms with Gasteiger partial charge in [0.1, 0.15) is 0 Å². The van der Waals surface area contributed by atoms with Crippen LogP contribution in [-0.4, -0.2) is 41.6 Å². The molecule has 0 radical (unpaired) electrons. The molecule has 1 saturated carbocycles. The van der Waals surface area contributed by atoms with Crippen LogP contribution in [0.3, 0.4) is 0 Å². The molecule has 2 fully saturated rings. The smallest absolute Gasteiger partial charge is 0.0337 e. The average Bonchev–Trinajstić information content (AvgIpc) is 2.68. The van der Waals surface area contributed by atoms with Gasteiger partial charge in [0.15, 0.2) is 0 Å². The molecule has 16 heavy (non-hydrogen) atoms. The Morgan fingerprint density at radius 1 is 1.44 bits per heavy atom. The maximum atomic E-state index is 6.05. The molecule has 94 valence electrons. The third kappa shape index (κ3) is 2.14. The number of rotatable bonds is 4. The van der Waals surface area contributed by atoms with Gasteiger partial charge in [-0.15, -0.1) is 0 Å². The summed E-state index contributed by atoms with van der Waals surface area (Å²) in [5.74, 6) is 4.37. The van der Waals surface area contributed by atoms with E-state index in [1.165, 1.54) is 30.8 Å². The lowest BCUT2D eigenvalue weighted by molar-refractivity contribution is -0.0378. The largest absolute Gasteiger partial charge is 0.329 e. The fourth-order valence-corrected chi connectivity index (χ4v) is 4.47. The van der Waals surface area contributed by atoms with Crippen molar-refractivity contribution < 1.29 is 0 Å². The van der Waals surface area contributed by atoms with Crippen molar-refractivity contribution in [1.82, 2.24) is 4.90 Å². The minimum Gasteiger partial charge on any atom is -0.329 e. The van der Waals surface area contributed by atoms with E-state index in [0.717, 1.165) is 24.4 Å². The SMILES string of the molecule is CC(C)C1CC(CN)(N(C)C2CCSC2)C1. The first kappa shape index (κ1) is 12.7. The molecule has 1 aliphatic carbocycles. The number of nitrogens with two attached hydrogens (primary N) is 1. The summed E-state index contributed by atoms with van der Waals surface area (Å²) in [7, 11) is 2.31. The molecule has 2 aliphatic rings. The first-order chi connectivity index (χ1) is 7.59. The van der Waals surface area contributed by atoms with Crippen molar-refractivity contribution >= 4 is 11.8 Å². The fraction of sp³-hybridized carbons (Fsp3) is 1.00. The molecule has 1 heterocycles. The van der Waals surface area contributed by atoms with E-state index >= 15 is 0 Å². The first-order valence-electron chi connectivity index (χ1n) is 6.60. The third-order valence-electron chi connectivity index (χ3n) is 4.81. The van der Waals surface area contributed by atoms with Gasteiger partial charge in [-0.25, -0.2) is 0 Å². The van der Waals surface area contributed by atoms with Gasteiger partial charge in [0.25, 0.3) is 0 Å². The van der Waals surface area contributed by atoms with Gasteiger partial charge in [-0.05, 0) is 43.9 Å². The molecule has 1 saturated heterocycles. The summed E-state index contributed by atoms with van der Waals surface area (Å²) in [6, 6.07) is 0.779. The number of thioether (sulfide) groups is 1. The van der Waals surface area contributed by atoms with Crippen LogP contribution < -0.4 is 5.73 Å². The van der Waals surface area contributed by atoms with E-state index in [1.807, 2.05) is 0 Å². The molecule has 0 aromatic heterocycles. The molecular weight excluding hydrogens is 216 g/mol. The van der Waals surface area contributed by atoms with Crippen LogP contribution in [0.2, 0.25) is 0 Å². The van der Waals surface area contributed by atoms with Crippen LogP contribution in [0.25, 0.3) is 0 Å². The average molecular weight is 242 g/mol. The van der Waals surface area contributed by atoms with Gasteiger partial charge in [-0.3, -0.25) is 4.90 Å².